The average molecular weight is 292 g/mol. The first-order chi connectivity index (χ1) is 10.1. The highest BCUT2D eigenvalue weighted by molar-refractivity contribution is 5.82. The minimum absolute atomic E-state index is 0.213. The molecule has 2 aliphatic heterocycles. The molecule has 5 nitrogen and oxygen atoms in total. The normalized spacial score (nSPS) is 28.5. The van der Waals surface area contributed by atoms with E-state index in [1.54, 1.807) is 0 Å². The third-order valence-electron chi connectivity index (χ3n) is 4.90. The van der Waals surface area contributed by atoms with Crippen molar-refractivity contribution in [1.29, 1.82) is 5.26 Å². The summed E-state index contributed by atoms with van der Waals surface area (Å²) in [5.41, 5.74) is -0.399. The molecular weight excluding hydrogens is 264 g/mol. The number of hydrogen-bond acceptors (Lipinski definition) is 4. The molecule has 0 aliphatic carbocycles. The van der Waals surface area contributed by atoms with E-state index in [1.165, 1.54) is 0 Å². The third kappa shape index (κ3) is 3.96. The highest BCUT2D eigenvalue weighted by Crippen LogP contribution is 2.27. The summed E-state index contributed by atoms with van der Waals surface area (Å²) in [6, 6.07) is 2.79. The van der Waals surface area contributed by atoms with E-state index in [9.17, 15) is 10.1 Å². The van der Waals surface area contributed by atoms with Crippen LogP contribution in [0.4, 0.5) is 0 Å². The SMILES string of the molecule is CCNC(C)(C#N)CCCCN1CCCC2C(=O)NCC21. The van der Waals surface area contributed by atoms with E-state index >= 15 is 0 Å². The van der Waals surface area contributed by atoms with Crippen LogP contribution in [-0.2, 0) is 4.79 Å². The molecule has 118 valence electrons. The van der Waals surface area contributed by atoms with Crippen LogP contribution < -0.4 is 10.6 Å². The van der Waals surface area contributed by atoms with Gasteiger partial charge in [-0.1, -0.05) is 6.92 Å². The van der Waals surface area contributed by atoms with Gasteiger partial charge in [-0.05, 0) is 58.7 Å². The van der Waals surface area contributed by atoms with Crippen molar-refractivity contribution in [3.63, 3.8) is 0 Å². The fraction of sp³-hybridized carbons (Fsp3) is 0.875. The second kappa shape index (κ2) is 7.24. The number of carbonyl (C=O) groups is 1. The Hall–Kier alpha value is -1.12. The van der Waals surface area contributed by atoms with Crippen LogP contribution in [0, 0.1) is 17.2 Å². The van der Waals surface area contributed by atoms with Crippen LogP contribution in [0.15, 0.2) is 0 Å². The molecule has 1 amide bonds. The Kier molecular flexibility index (Phi) is 5.60. The van der Waals surface area contributed by atoms with Gasteiger partial charge in [-0.25, -0.2) is 0 Å². The summed E-state index contributed by atoms with van der Waals surface area (Å²) in [5.74, 6) is 0.457. The molecule has 0 aromatic rings. The van der Waals surface area contributed by atoms with Crippen molar-refractivity contribution in [1.82, 2.24) is 15.5 Å². The van der Waals surface area contributed by atoms with Crippen LogP contribution in [0.5, 0.6) is 0 Å². The van der Waals surface area contributed by atoms with Gasteiger partial charge in [0.05, 0.1) is 12.0 Å². The molecule has 2 aliphatic rings. The van der Waals surface area contributed by atoms with Gasteiger partial charge in [0.15, 0.2) is 0 Å². The Morgan fingerprint density at radius 2 is 2.33 bits per heavy atom. The van der Waals surface area contributed by atoms with E-state index in [0.717, 1.165) is 58.3 Å². The summed E-state index contributed by atoms with van der Waals surface area (Å²) < 4.78 is 0. The topological polar surface area (TPSA) is 68.2 Å². The summed E-state index contributed by atoms with van der Waals surface area (Å²) in [5, 5.41) is 15.5. The number of piperidine rings is 1. The Balaban J connectivity index is 1.74. The number of amides is 1. The first-order valence-corrected chi connectivity index (χ1v) is 8.27. The molecule has 2 rings (SSSR count). The lowest BCUT2D eigenvalue weighted by atomic mass is 9.91. The zero-order valence-corrected chi connectivity index (χ0v) is 13.3. The van der Waals surface area contributed by atoms with E-state index in [2.05, 4.69) is 21.6 Å². The van der Waals surface area contributed by atoms with Crippen molar-refractivity contribution in [3.05, 3.63) is 0 Å². The monoisotopic (exact) mass is 292 g/mol. The number of likely N-dealkylation sites (tertiary alicyclic amines) is 1. The van der Waals surface area contributed by atoms with Crippen molar-refractivity contribution in [3.8, 4) is 6.07 Å². The van der Waals surface area contributed by atoms with Gasteiger partial charge in [0.25, 0.3) is 0 Å². The van der Waals surface area contributed by atoms with Crippen molar-refractivity contribution >= 4 is 5.91 Å². The van der Waals surface area contributed by atoms with E-state index in [4.69, 9.17) is 0 Å². The Morgan fingerprint density at radius 1 is 1.52 bits per heavy atom. The van der Waals surface area contributed by atoms with Crippen molar-refractivity contribution in [2.24, 2.45) is 5.92 Å². The standard InChI is InChI=1S/C16H28N4O/c1-3-19-16(2,12-17)8-4-5-9-20-10-6-7-13-14(20)11-18-15(13)21/h13-14,19H,3-11H2,1-2H3,(H,18,21). The number of rotatable bonds is 7. The minimum atomic E-state index is -0.399. The fourth-order valence-electron chi connectivity index (χ4n) is 3.69. The molecule has 5 heteroatoms. The van der Waals surface area contributed by atoms with Gasteiger partial charge < -0.3 is 5.32 Å². The molecule has 0 aromatic heterocycles. The van der Waals surface area contributed by atoms with Gasteiger partial charge in [-0.2, -0.15) is 5.26 Å². The minimum Gasteiger partial charge on any atom is -0.354 e. The number of carbonyl (C=O) groups excluding carboxylic acids is 1. The Bertz CT molecular complexity index is 406. The third-order valence-corrected chi connectivity index (χ3v) is 4.90. The maximum Gasteiger partial charge on any atom is 0.224 e. The molecule has 21 heavy (non-hydrogen) atoms. The van der Waals surface area contributed by atoms with Crippen LogP contribution in [0.2, 0.25) is 0 Å². The number of fused-ring (bicyclic) bond motifs is 1. The van der Waals surface area contributed by atoms with Gasteiger partial charge >= 0.3 is 0 Å². The summed E-state index contributed by atoms with van der Waals surface area (Å²) in [4.78, 5) is 14.2. The van der Waals surface area contributed by atoms with Gasteiger partial charge in [0.1, 0.15) is 5.54 Å². The van der Waals surface area contributed by atoms with Gasteiger partial charge in [-0.15, -0.1) is 0 Å². The Morgan fingerprint density at radius 3 is 3.05 bits per heavy atom. The summed E-state index contributed by atoms with van der Waals surface area (Å²) in [6.45, 7) is 7.81. The number of hydrogen-bond donors (Lipinski definition) is 2. The lowest BCUT2D eigenvalue weighted by Gasteiger charge is -2.36. The molecule has 2 fully saturated rings. The highest BCUT2D eigenvalue weighted by Gasteiger charge is 2.40. The molecule has 2 saturated heterocycles. The predicted octanol–water partition coefficient (Wildman–Crippen LogP) is 1.26. The van der Waals surface area contributed by atoms with Crippen LogP contribution in [-0.4, -0.2) is 48.6 Å². The summed E-state index contributed by atoms with van der Waals surface area (Å²) in [6.07, 6.45) is 5.20. The highest BCUT2D eigenvalue weighted by atomic mass is 16.2. The van der Waals surface area contributed by atoms with E-state index in [-0.39, 0.29) is 11.8 Å². The zero-order chi connectivity index (χ0) is 15.3. The number of unbranched alkanes of at least 4 members (excludes halogenated alkanes) is 1. The maximum absolute atomic E-state index is 11.7. The molecular formula is C16H28N4O. The molecule has 0 radical (unpaired) electrons. The summed E-state index contributed by atoms with van der Waals surface area (Å²) >= 11 is 0. The van der Waals surface area contributed by atoms with Crippen molar-refractivity contribution < 1.29 is 4.79 Å². The quantitative estimate of drug-likeness (QED) is 0.693. The number of nitrogens with zero attached hydrogens (tertiary/aromatic N) is 2. The molecule has 0 spiro atoms. The number of nitriles is 1. The lowest BCUT2D eigenvalue weighted by molar-refractivity contribution is -0.124. The zero-order valence-electron chi connectivity index (χ0n) is 13.3. The predicted molar refractivity (Wildman–Crippen MR) is 82.6 cm³/mol. The van der Waals surface area contributed by atoms with Gasteiger partial charge in [0, 0.05) is 12.6 Å². The molecule has 3 unspecified atom stereocenters. The second-order valence-electron chi connectivity index (χ2n) is 6.53. The lowest BCUT2D eigenvalue weighted by Crippen LogP contribution is -2.46. The van der Waals surface area contributed by atoms with Crippen LogP contribution in [0.25, 0.3) is 0 Å². The summed E-state index contributed by atoms with van der Waals surface area (Å²) in [7, 11) is 0. The molecule has 0 bridgehead atoms. The first-order valence-electron chi connectivity index (χ1n) is 8.27. The van der Waals surface area contributed by atoms with E-state index < -0.39 is 5.54 Å². The number of nitrogens with one attached hydrogen (secondary N) is 2. The molecule has 3 atom stereocenters. The largest absolute Gasteiger partial charge is 0.354 e. The molecule has 0 aromatic carbocycles. The van der Waals surface area contributed by atoms with Crippen molar-refractivity contribution in [2.45, 2.75) is 57.5 Å². The fourth-order valence-corrected chi connectivity index (χ4v) is 3.69. The van der Waals surface area contributed by atoms with Gasteiger partial charge in [-0.3, -0.25) is 15.0 Å². The Labute approximate surface area is 128 Å². The van der Waals surface area contributed by atoms with Crippen molar-refractivity contribution in [2.75, 3.05) is 26.2 Å². The molecule has 2 N–H and O–H groups in total. The molecule has 2 heterocycles. The van der Waals surface area contributed by atoms with E-state index in [0.29, 0.717) is 6.04 Å². The first kappa shape index (κ1) is 16.3. The van der Waals surface area contributed by atoms with Gasteiger partial charge in [0.2, 0.25) is 5.91 Å². The smallest absolute Gasteiger partial charge is 0.224 e. The molecule has 0 saturated carbocycles. The van der Waals surface area contributed by atoms with E-state index in [1.807, 2.05) is 13.8 Å². The second-order valence-corrected chi connectivity index (χ2v) is 6.53. The average Bonchev–Trinajstić information content (AvgIpc) is 2.86. The van der Waals surface area contributed by atoms with Crippen LogP contribution in [0.3, 0.4) is 0 Å². The van der Waals surface area contributed by atoms with Crippen LogP contribution >= 0.6 is 0 Å². The maximum atomic E-state index is 11.7. The van der Waals surface area contributed by atoms with Crippen LogP contribution in [0.1, 0.15) is 46.0 Å².